The normalized spacial score (nSPS) is 23.8. The van der Waals surface area contributed by atoms with Crippen LogP contribution in [0.1, 0.15) is 30.6 Å². The van der Waals surface area contributed by atoms with Crippen LogP contribution in [0.2, 0.25) is 0 Å². The Morgan fingerprint density at radius 3 is 2.79 bits per heavy atom. The molecular formula is C18H24N2O3S. The van der Waals surface area contributed by atoms with E-state index in [0.29, 0.717) is 18.9 Å². The number of ether oxygens (including phenoxy) is 1. The molecule has 4 rings (SSSR count). The summed E-state index contributed by atoms with van der Waals surface area (Å²) in [6.07, 6.45) is 4.67. The summed E-state index contributed by atoms with van der Waals surface area (Å²) in [6.45, 7) is 3.27. The number of nitrogens with zero attached hydrogens (tertiary/aromatic N) is 2. The Labute approximate surface area is 146 Å². The zero-order chi connectivity index (χ0) is 16.6. The summed E-state index contributed by atoms with van der Waals surface area (Å²) in [4.78, 5) is 29.6. The second-order valence-electron chi connectivity index (χ2n) is 7.33. The van der Waals surface area contributed by atoms with Gasteiger partial charge in [0.1, 0.15) is 6.61 Å². The monoisotopic (exact) mass is 348 g/mol. The van der Waals surface area contributed by atoms with E-state index < -0.39 is 0 Å². The smallest absolute Gasteiger partial charge is 0.248 e. The molecule has 2 aliphatic heterocycles. The van der Waals surface area contributed by atoms with Crippen LogP contribution in [0, 0.1) is 5.92 Å². The SMILES string of the molecule is O=C(Cc1cccs1)N1CCC2(CC1)CN(CC1CC1)C(=O)CO2. The molecule has 3 heterocycles. The average Bonchev–Trinajstić information content (AvgIpc) is 3.25. The van der Waals surface area contributed by atoms with E-state index in [1.807, 2.05) is 27.3 Å². The fourth-order valence-corrected chi connectivity index (χ4v) is 4.40. The van der Waals surface area contributed by atoms with Gasteiger partial charge in [0.05, 0.1) is 12.0 Å². The van der Waals surface area contributed by atoms with Gasteiger partial charge < -0.3 is 14.5 Å². The number of carbonyl (C=O) groups is 2. The fraction of sp³-hybridized carbons (Fsp3) is 0.667. The van der Waals surface area contributed by atoms with Gasteiger partial charge in [0, 0.05) is 31.1 Å². The first-order valence-corrected chi connectivity index (χ1v) is 9.73. The molecule has 24 heavy (non-hydrogen) atoms. The third-order valence-electron chi connectivity index (χ3n) is 5.44. The van der Waals surface area contributed by atoms with Crippen LogP contribution in [0.15, 0.2) is 17.5 Å². The van der Waals surface area contributed by atoms with Crippen LogP contribution in [-0.2, 0) is 20.7 Å². The maximum atomic E-state index is 12.4. The minimum Gasteiger partial charge on any atom is -0.363 e. The van der Waals surface area contributed by atoms with Crippen molar-refractivity contribution in [2.75, 3.05) is 32.8 Å². The topological polar surface area (TPSA) is 49.9 Å². The van der Waals surface area contributed by atoms with Gasteiger partial charge in [-0.15, -0.1) is 11.3 Å². The Morgan fingerprint density at radius 1 is 1.33 bits per heavy atom. The van der Waals surface area contributed by atoms with Crippen molar-refractivity contribution < 1.29 is 14.3 Å². The second kappa shape index (κ2) is 6.48. The Bertz CT molecular complexity index is 604. The first-order valence-electron chi connectivity index (χ1n) is 8.85. The Kier molecular flexibility index (Phi) is 4.35. The number of morpholine rings is 1. The summed E-state index contributed by atoms with van der Waals surface area (Å²) in [6, 6.07) is 4.00. The van der Waals surface area contributed by atoms with E-state index in [1.165, 1.54) is 12.8 Å². The first-order chi connectivity index (χ1) is 11.6. The lowest BCUT2D eigenvalue weighted by atomic mass is 9.89. The molecule has 0 radical (unpaired) electrons. The number of amides is 2. The van der Waals surface area contributed by atoms with Crippen LogP contribution >= 0.6 is 11.3 Å². The molecular weight excluding hydrogens is 324 g/mol. The lowest BCUT2D eigenvalue weighted by Gasteiger charge is -2.47. The third kappa shape index (κ3) is 3.49. The molecule has 0 bridgehead atoms. The quantitative estimate of drug-likeness (QED) is 0.835. The molecule has 2 saturated heterocycles. The number of piperidine rings is 1. The number of rotatable bonds is 4. The van der Waals surface area contributed by atoms with Crippen molar-refractivity contribution in [3.8, 4) is 0 Å². The molecule has 0 atom stereocenters. The summed E-state index contributed by atoms with van der Waals surface area (Å²) < 4.78 is 5.96. The first kappa shape index (κ1) is 16.1. The van der Waals surface area contributed by atoms with Crippen LogP contribution in [-0.4, -0.2) is 60.0 Å². The van der Waals surface area contributed by atoms with E-state index in [2.05, 4.69) is 0 Å². The number of carbonyl (C=O) groups excluding carboxylic acids is 2. The van der Waals surface area contributed by atoms with Gasteiger partial charge >= 0.3 is 0 Å². The van der Waals surface area contributed by atoms with Gasteiger partial charge in [0.2, 0.25) is 11.8 Å². The van der Waals surface area contributed by atoms with Crippen LogP contribution in [0.3, 0.4) is 0 Å². The van der Waals surface area contributed by atoms with Crippen molar-refractivity contribution in [2.45, 2.75) is 37.7 Å². The molecule has 1 aromatic rings. The molecule has 1 saturated carbocycles. The third-order valence-corrected chi connectivity index (χ3v) is 6.32. The number of likely N-dealkylation sites (tertiary alicyclic amines) is 1. The molecule has 2 amide bonds. The molecule has 1 spiro atoms. The predicted octanol–water partition coefficient (Wildman–Crippen LogP) is 1.92. The van der Waals surface area contributed by atoms with Crippen molar-refractivity contribution in [3.63, 3.8) is 0 Å². The highest BCUT2D eigenvalue weighted by molar-refractivity contribution is 7.10. The number of thiophene rings is 1. The highest BCUT2D eigenvalue weighted by Gasteiger charge is 2.43. The van der Waals surface area contributed by atoms with Crippen LogP contribution < -0.4 is 0 Å². The van der Waals surface area contributed by atoms with Gasteiger partial charge in [-0.3, -0.25) is 9.59 Å². The highest BCUT2D eigenvalue weighted by Crippen LogP contribution is 2.34. The number of hydrogen-bond acceptors (Lipinski definition) is 4. The molecule has 1 aromatic heterocycles. The van der Waals surface area contributed by atoms with Crippen molar-refractivity contribution in [1.29, 1.82) is 0 Å². The van der Waals surface area contributed by atoms with E-state index >= 15 is 0 Å². The summed E-state index contributed by atoms with van der Waals surface area (Å²) in [7, 11) is 0. The Balaban J connectivity index is 1.32. The molecule has 0 N–H and O–H groups in total. The van der Waals surface area contributed by atoms with Crippen LogP contribution in [0.5, 0.6) is 0 Å². The second-order valence-corrected chi connectivity index (χ2v) is 8.36. The standard InChI is InChI=1S/C18H24N2O3S/c21-16(10-15-2-1-9-24-15)19-7-5-18(6-8-19)13-20(11-14-3-4-14)17(22)12-23-18/h1-2,9,14H,3-8,10-13H2. The van der Waals surface area contributed by atoms with Gasteiger partial charge in [0.15, 0.2) is 0 Å². The molecule has 3 aliphatic rings. The molecule has 130 valence electrons. The summed E-state index contributed by atoms with van der Waals surface area (Å²) in [5.41, 5.74) is -0.234. The molecule has 3 fully saturated rings. The molecule has 5 nitrogen and oxygen atoms in total. The molecule has 0 aromatic carbocycles. The Morgan fingerprint density at radius 2 is 2.12 bits per heavy atom. The van der Waals surface area contributed by atoms with Crippen LogP contribution in [0.4, 0.5) is 0 Å². The van der Waals surface area contributed by atoms with Crippen molar-refractivity contribution in [1.82, 2.24) is 9.80 Å². The predicted molar refractivity (Wildman–Crippen MR) is 91.8 cm³/mol. The Hall–Kier alpha value is -1.40. The van der Waals surface area contributed by atoms with Crippen LogP contribution in [0.25, 0.3) is 0 Å². The van der Waals surface area contributed by atoms with Crippen molar-refractivity contribution in [3.05, 3.63) is 22.4 Å². The van der Waals surface area contributed by atoms with Gasteiger partial charge in [-0.05, 0) is 43.0 Å². The zero-order valence-corrected chi connectivity index (χ0v) is 14.7. The van der Waals surface area contributed by atoms with Gasteiger partial charge in [-0.1, -0.05) is 6.07 Å². The highest BCUT2D eigenvalue weighted by atomic mass is 32.1. The molecule has 1 aliphatic carbocycles. The zero-order valence-electron chi connectivity index (χ0n) is 13.9. The fourth-order valence-electron chi connectivity index (χ4n) is 3.71. The van der Waals surface area contributed by atoms with E-state index in [1.54, 1.807) is 11.3 Å². The van der Waals surface area contributed by atoms with Gasteiger partial charge in [-0.25, -0.2) is 0 Å². The maximum absolute atomic E-state index is 12.4. The summed E-state index contributed by atoms with van der Waals surface area (Å²) >= 11 is 1.63. The van der Waals surface area contributed by atoms with E-state index in [-0.39, 0.29) is 24.0 Å². The van der Waals surface area contributed by atoms with E-state index in [4.69, 9.17) is 4.74 Å². The molecule has 0 unspecified atom stereocenters. The average molecular weight is 348 g/mol. The van der Waals surface area contributed by atoms with Crippen molar-refractivity contribution in [2.24, 2.45) is 5.92 Å². The lowest BCUT2D eigenvalue weighted by Crippen LogP contribution is -2.59. The number of hydrogen-bond donors (Lipinski definition) is 0. The summed E-state index contributed by atoms with van der Waals surface area (Å²) in [5.74, 6) is 1.04. The molecule has 6 heteroatoms. The minimum absolute atomic E-state index is 0.128. The van der Waals surface area contributed by atoms with E-state index in [9.17, 15) is 9.59 Å². The van der Waals surface area contributed by atoms with Crippen molar-refractivity contribution >= 4 is 23.2 Å². The largest absolute Gasteiger partial charge is 0.363 e. The lowest BCUT2D eigenvalue weighted by molar-refractivity contribution is -0.173. The summed E-state index contributed by atoms with van der Waals surface area (Å²) in [5, 5.41) is 2.01. The van der Waals surface area contributed by atoms with Gasteiger partial charge in [-0.2, -0.15) is 0 Å². The van der Waals surface area contributed by atoms with E-state index in [0.717, 1.165) is 37.4 Å². The minimum atomic E-state index is -0.234. The van der Waals surface area contributed by atoms with Gasteiger partial charge in [0.25, 0.3) is 0 Å². The maximum Gasteiger partial charge on any atom is 0.248 e.